The maximum atomic E-state index is 12.2. The second-order valence-electron chi connectivity index (χ2n) is 4.76. The van der Waals surface area contributed by atoms with Crippen LogP contribution in [0.2, 0.25) is 5.02 Å². The molecule has 0 aliphatic heterocycles. The fraction of sp³-hybridized carbons (Fsp3) is 0.200. The second-order valence-corrected chi connectivity index (χ2v) is 6.06. The van der Waals surface area contributed by atoms with E-state index in [0.29, 0.717) is 23.1 Å². The molecule has 1 N–H and O–H groups in total. The lowest BCUT2D eigenvalue weighted by Gasteiger charge is -2.04. The number of halogens is 1. The van der Waals surface area contributed by atoms with Crippen LogP contribution in [0.4, 0.5) is 0 Å². The normalized spacial score (nSPS) is 10.7. The molecule has 6 nitrogen and oxygen atoms in total. The summed E-state index contributed by atoms with van der Waals surface area (Å²) in [5.74, 6) is 0.487. The van der Waals surface area contributed by atoms with Gasteiger partial charge in [-0.15, -0.1) is 21.5 Å². The summed E-state index contributed by atoms with van der Waals surface area (Å²) in [5, 5.41) is 13.8. The standard InChI is InChI=1S/C15H14ClN5OS/c1-2-21-9-18-20-13(21)7-17-14(22)12-8-23-15(19-12)10-3-5-11(16)6-4-10/h3-6,8-9H,2,7H2,1H3,(H,17,22). The highest BCUT2D eigenvalue weighted by atomic mass is 35.5. The van der Waals surface area contributed by atoms with Gasteiger partial charge in [-0.25, -0.2) is 4.98 Å². The number of hydrogen-bond acceptors (Lipinski definition) is 5. The highest BCUT2D eigenvalue weighted by Gasteiger charge is 2.13. The Morgan fingerprint density at radius 1 is 1.35 bits per heavy atom. The van der Waals surface area contributed by atoms with Crippen LogP contribution in [0.25, 0.3) is 10.6 Å². The van der Waals surface area contributed by atoms with Gasteiger partial charge in [0, 0.05) is 22.5 Å². The number of aryl methyl sites for hydroxylation is 1. The van der Waals surface area contributed by atoms with Gasteiger partial charge in [0.05, 0.1) is 6.54 Å². The summed E-state index contributed by atoms with van der Waals surface area (Å²) in [5.41, 5.74) is 1.33. The fourth-order valence-electron chi connectivity index (χ4n) is 2.03. The van der Waals surface area contributed by atoms with Gasteiger partial charge in [-0.1, -0.05) is 23.7 Å². The number of benzene rings is 1. The third kappa shape index (κ3) is 3.57. The minimum atomic E-state index is -0.230. The summed E-state index contributed by atoms with van der Waals surface area (Å²) in [7, 11) is 0. The Bertz CT molecular complexity index is 811. The molecule has 3 aromatic rings. The molecule has 23 heavy (non-hydrogen) atoms. The van der Waals surface area contributed by atoms with Crippen LogP contribution in [0, 0.1) is 0 Å². The number of hydrogen-bond donors (Lipinski definition) is 1. The van der Waals surface area contributed by atoms with Crippen LogP contribution in [0.3, 0.4) is 0 Å². The van der Waals surface area contributed by atoms with Gasteiger partial charge < -0.3 is 9.88 Å². The molecular formula is C15H14ClN5OS. The van der Waals surface area contributed by atoms with Crippen molar-refractivity contribution in [3.8, 4) is 10.6 Å². The van der Waals surface area contributed by atoms with Crippen molar-refractivity contribution in [1.82, 2.24) is 25.1 Å². The third-order valence-electron chi connectivity index (χ3n) is 3.27. The van der Waals surface area contributed by atoms with E-state index in [1.807, 2.05) is 23.6 Å². The van der Waals surface area contributed by atoms with E-state index in [0.717, 1.165) is 17.1 Å². The first kappa shape index (κ1) is 15.6. The molecule has 0 saturated carbocycles. The Kier molecular flexibility index (Phi) is 4.68. The van der Waals surface area contributed by atoms with Gasteiger partial charge in [-0.2, -0.15) is 0 Å². The highest BCUT2D eigenvalue weighted by molar-refractivity contribution is 7.13. The van der Waals surface area contributed by atoms with Gasteiger partial charge in [0.1, 0.15) is 17.0 Å². The molecule has 0 atom stereocenters. The van der Waals surface area contributed by atoms with Crippen molar-refractivity contribution in [3.63, 3.8) is 0 Å². The molecule has 0 fully saturated rings. The van der Waals surface area contributed by atoms with E-state index in [1.54, 1.807) is 23.8 Å². The largest absolute Gasteiger partial charge is 0.343 e. The monoisotopic (exact) mass is 347 g/mol. The lowest BCUT2D eigenvalue weighted by atomic mass is 10.2. The molecule has 8 heteroatoms. The van der Waals surface area contributed by atoms with E-state index in [-0.39, 0.29) is 5.91 Å². The number of carbonyl (C=O) groups is 1. The van der Waals surface area contributed by atoms with E-state index in [4.69, 9.17) is 11.6 Å². The summed E-state index contributed by atoms with van der Waals surface area (Å²) < 4.78 is 1.88. The minimum absolute atomic E-state index is 0.230. The molecule has 1 aromatic carbocycles. The Morgan fingerprint density at radius 2 is 2.13 bits per heavy atom. The van der Waals surface area contributed by atoms with Crippen LogP contribution in [0.15, 0.2) is 36.0 Å². The molecule has 0 aliphatic rings. The predicted octanol–water partition coefficient (Wildman–Crippen LogP) is 3.00. The number of nitrogens with zero attached hydrogens (tertiary/aromatic N) is 4. The third-order valence-corrected chi connectivity index (χ3v) is 4.41. The summed E-state index contributed by atoms with van der Waals surface area (Å²) in [6.45, 7) is 3.07. The molecule has 2 heterocycles. The number of nitrogens with one attached hydrogen (secondary N) is 1. The average Bonchev–Trinajstić information content (AvgIpc) is 3.22. The van der Waals surface area contributed by atoms with Crippen LogP contribution < -0.4 is 5.32 Å². The minimum Gasteiger partial charge on any atom is -0.343 e. The van der Waals surface area contributed by atoms with Crippen LogP contribution in [-0.4, -0.2) is 25.7 Å². The van der Waals surface area contributed by atoms with Crippen molar-refractivity contribution < 1.29 is 4.79 Å². The second kappa shape index (κ2) is 6.89. The average molecular weight is 348 g/mol. The van der Waals surface area contributed by atoms with Gasteiger partial charge in [0.25, 0.3) is 5.91 Å². The zero-order chi connectivity index (χ0) is 16.2. The van der Waals surface area contributed by atoms with Crippen molar-refractivity contribution in [1.29, 1.82) is 0 Å². The molecule has 0 unspecified atom stereocenters. The van der Waals surface area contributed by atoms with E-state index < -0.39 is 0 Å². The summed E-state index contributed by atoms with van der Waals surface area (Å²) >= 11 is 7.30. The van der Waals surface area contributed by atoms with Crippen molar-refractivity contribution in [2.24, 2.45) is 0 Å². The van der Waals surface area contributed by atoms with Crippen molar-refractivity contribution in [2.75, 3.05) is 0 Å². The lowest BCUT2D eigenvalue weighted by molar-refractivity contribution is 0.0945. The summed E-state index contributed by atoms with van der Waals surface area (Å²) in [6.07, 6.45) is 1.64. The quantitative estimate of drug-likeness (QED) is 0.770. The van der Waals surface area contributed by atoms with Gasteiger partial charge in [-0.3, -0.25) is 4.79 Å². The number of aromatic nitrogens is 4. The molecule has 118 valence electrons. The van der Waals surface area contributed by atoms with Crippen molar-refractivity contribution in [3.05, 3.63) is 52.5 Å². The molecule has 1 amide bonds. The topological polar surface area (TPSA) is 72.7 Å². The highest BCUT2D eigenvalue weighted by Crippen LogP contribution is 2.25. The number of amides is 1. The van der Waals surface area contributed by atoms with Gasteiger partial charge in [0.15, 0.2) is 5.82 Å². The Morgan fingerprint density at radius 3 is 2.87 bits per heavy atom. The first-order valence-electron chi connectivity index (χ1n) is 7.03. The fourth-order valence-corrected chi connectivity index (χ4v) is 2.97. The van der Waals surface area contributed by atoms with Gasteiger partial charge in [-0.05, 0) is 19.1 Å². The lowest BCUT2D eigenvalue weighted by Crippen LogP contribution is -2.25. The van der Waals surface area contributed by atoms with E-state index >= 15 is 0 Å². The molecule has 0 radical (unpaired) electrons. The molecule has 0 saturated heterocycles. The van der Waals surface area contributed by atoms with Crippen LogP contribution in [-0.2, 0) is 13.1 Å². The smallest absolute Gasteiger partial charge is 0.271 e. The Hall–Kier alpha value is -2.25. The Balaban J connectivity index is 1.68. The molecule has 3 rings (SSSR count). The molecule has 0 bridgehead atoms. The number of carbonyl (C=O) groups excluding carboxylic acids is 1. The molecular weight excluding hydrogens is 334 g/mol. The van der Waals surface area contributed by atoms with Crippen LogP contribution in [0.1, 0.15) is 23.2 Å². The van der Waals surface area contributed by atoms with Gasteiger partial charge in [0.2, 0.25) is 0 Å². The molecule has 0 spiro atoms. The van der Waals surface area contributed by atoms with Crippen molar-refractivity contribution in [2.45, 2.75) is 20.0 Å². The van der Waals surface area contributed by atoms with Crippen molar-refractivity contribution >= 4 is 28.8 Å². The van der Waals surface area contributed by atoms with E-state index in [2.05, 4.69) is 20.5 Å². The number of thiazole rings is 1. The zero-order valence-electron chi connectivity index (χ0n) is 12.4. The summed E-state index contributed by atoms with van der Waals surface area (Å²) in [4.78, 5) is 16.6. The summed E-state index contributed by atoms with van der Waals surface area (Å²) in [6, 6.07) is 7.37. The van der Waals surface area contributed by atoms with Crippen LogP contribution in [0.5, 0.6) is 0 Å². The first-order chi connectivity index (χ1) is 11.2. The zero-order valence-corrected chi connectivity index (χ0v) is 13.9. The Labute approximate surface area is 142 Å². The number of rotatable bonds is 5. The van der Waals surface area contributed by atoms with Gasteiger partial charge >= 0.3 is 0 Å². The SMILES string of the molecule is CCn1cnnc1CNC(=O)c1csc(-c2ccc(Cl)cc2)n1. The van der Waals surface area contributed by atoms with Crippen LogP contribution >= 0.6 is 22.9 Å². The van der Waals surface area contributed by atoms with E-state index in [1.165, 1.54) is 11.3 Å². The predicted molar refractivity (Wildman–Crippen MR) is 89.4 cm³/mol. The first-order valence-corrected chi connectivity index (χ1v) is 8.29. The maximum Gasteiger partial charge on any atom is 0.271 e. The van der Waals surface area contributed by atoms with E-state index in [9.17, 15) is 4.79 Å². The molecule has 0 aliphatic carbocycles. The maximum absolute atomic E-state index is 12.2. The molecule has 2 aromatic heterocycles.